The summed E-state index contributed by atoms with van der Waals surface area (Å²) in [6.45, 7) is 3.57. The second kappa shape index (κ2) is 7.54. The average Bonchev–Trinajstić information content (AvgIpc) is 3.54. The van der Waals surface area contributed by atoms with Gasteiger partial charge in [0.1, 0.15) is 17.7 Å². The van der Waals surface area contributed by atoms with Crippen LogP contribution in [0.5, 0.6) is 5.75 Å². The van der Waals surface area contributed by atoms with Crippen LogP contribution in [0.15, 0.2) is 48.7 Å². The minimum absolute atomic E-state index is 0.0482. The van der Waals surface area contributed by atoms with Crippen molar-refractivity contribution in [3.63, 3.8) is 0 Å². The summed E-state index contributed by atoms with van der Waals surface area (Å²) in [5.41, 5.74) is 2.81. The average molecular weight is 389 g/mol. The molecule has 150 valence electrons. The summed E-state index contributed by atoms with van der Waals surface area (Å²) in [6.07, 6.45) is 7.23. The molecule has 2 fully saturated rings. The molecule has 1 aliphatic heterocycles. The number of aromatic nitrogens is 2. The van der Waals surface area contributed by atoms with E-state index in [0.29, 0.717) is 24.7 Å². The molecule has 2 aromatic heterocycles. The highest BCUT2D eigenvalue weighted by Gasteiger charge is 2.32. The van der Waals surface area contributed by atoms with Gasteiger partial charge in [-0.25, -0.2) is 4.98 Å². The van der Waals surface area contributed by atoms with Gasteiger partial charge in [-0.1, -0.05) is 25.1 Å². The molecule has 3 heterocycles. The number of amides is 1. The Balaban J connectivity index is 1.27. The summed E-state index contributed by atoms with van der Waals surface area (Å²) in [5, 5.41) is 0. The van der Waals surface area contributed by atoms with Gasteiger partial charge in [-0.05, 0) is 49.1 Å². The Morgan fingerprint density at radius 1 is 1.10 bits per heavy atom. The van der Waals surface area contributed by atoms with E-state index in [2.05, 4.69) is 23.5 Å². The Morgan fingerprint density at radius 3 is 2.69 bits per heavy atom. The Morgan fingerprint density at radius 2 is 1.93 bits per heavy atom. The number of likely N-dealkylation sites (tertiary alicyclic amines) is 1. The number of carbonyl (C=O) groups is 1. The number of hydrogen-bond donors (Lipinski definition) is 0. The Kier molecular flexibility index (Phi) is 4.74. The SMILES string of the molecule is CCc1cccc(OC2CCN(C(=O)c3nc(C4CC4)n4ccccc34)CC2)c1. The van der Waals surface area contributed by atoms with Crippen LogP contribution in [-0.2, 0) is 6.42 Å². The number of hydrogen-bond acceptors (Lipinski definition) is 3. The minimum atomic E-state index is 0.0482. The third kappa shape index (κ3) is 3.61. The van der Waals surface area contributed by atoms with E-state index in [-0.39, 0.29) is 12.0 Å². The highest BCUT2D eigenvalue weighted by atomic mass is 16.5. The van der Waals surface area contributed by atoms with E-state index in [9.17, 15) is 4.79 Å². The van der Waals surface area contributed by atoms with Gasteiger partial charge in [-0.3, -0.25) is 4.79 Å². The van der Waals surface area contributed by atoms with Crippen LogP contribution in [0.25, 0.3) is 5.52 Å². The van der Waals surface area contributed by atoms with Crippen LogP contribution >= 0.6 is 0 Å². The molecule has 1 aromatic carbocycles. The topological polar surface area (TPSA) is 46.8 Å². The molecule has 0 atom stereocenters. The lowest BCUT2D eigenvalue weighted by Crippen LogP contribution is -2.42. The van der Waals surface area contributed by atoms with Gasteiger partial charge in [0.05, 0.1) is 5.52 Å². The largest absolute Gasteiger partial charge is 0.490 e. The molecule has 0 radical (unpaired) electrons. The van der Waals surface area contributed by atoms with Gasteiger partial charge in [0.25, 0.3) is 5.91 Å². The van der Waals surface area contributed by atoms with Crippen molar-refractivity contribution < 1.29 is 9.53 Å². The first kappa shape index (κ1) is 18.2. The third-order valence-corrected chi connectivity index (χ3v) is 6.06. The maximum absolute atomic E-state index is 13.2. The highest BCUT2D eigenvalue weighted by molar-refractivity contribution is 5.99. The second-order valence-electron chi connectivity index (χ2n) is 8.16. The zero-order valence-corrected chi connectivity index (χ0v) is 16.9. The number of ether oxygens (including phenoxy) is 1. The molecule has 3 aromatic rings. The number of piperidine rings is 1. The lowest BCUT2D eigenvalue weighted by atomic mass is 10.1. The molecule has 1 saturated carbocycles. The van der Waals surface area contributed by atoms with Gasteiger partial charge in [-0.2, -0.15) is 0 Å². The van der Waals surface area contributed by atoms with Crippen LogP contribution < -0.4 is 4.74 Å². The van der Waals surface area contributed by atoms with E-state index in [1.54, 1.807) is 0 Å². The lowest BCUT2D eigenvalue weighted by molar-refractivity contribution is 0.0592. The molecule has 0 N–H and O–H groups in total. The Bertz CT molecular complexity index is 1030. The molecule has 1 amide bonds. The van der Waals surface area contributed by atoms with E-state index in [4.69, 9.17) is 9.72 Å². The number of aryl methyl sites for hydroxylation is 1. The standard InChI is InChI=1S/C24H27N3O2/c1-2-17-6-5-7-20(16-17)29-19-11-14-26(15-12-19)24(28)22-21-8-3-4-13-27(21)23(25-22)18-9-10-18/h3-8,13,16,18-19H,2,9-12,14-15H2,1H3. The number of imidazole rings is 1. The molecule has 5 nitrogen and oxygen atoms in total. The van der Waals surface area contributed by atoms with Crippen molar-refractivity contribution in [2.24, 2.45) is 0 Å². The van der Waals surface area contributed by atoms with Crippen LogP contribution in [0.4, 0.5) is 0 Å². The molecule has 0 spiro atoms. The van der Waals surface area contributed by atoms with Crippen molar-refractivity contribution >= 4 is 11.4 Å². The van der Waals surface area contributed by atoms with Crippen molar-refractivity contribution in [1.29, 1.82) is 0 Å². The fourth-order valence-electron chi connectivity index (χ4n) is 4.21. The molecule has 0 bridgehead atoms. The summed E-state index contributed by atoms with van der Waals surface area (Å²) < 4.78 is 8.29. The van der Waals surface area contributed by atoms with E-state index in [1.807, 2.05) is 41.4 Å². The zero-order valence-electron chi connectivity index (χ0n) is 16.9. The molecule has 2 aliphatic rings. The molecule has 29 heavy (non-hydrogen) atoms. The molecule has 5 rings (SSSR count). The lowest BCUT2D eigenvalue weighted by Gasteiger charge is -2.32. The number of carbonyl (C=O) groups excluding carboxylic acids is 1. The predicted octanol–water partition coefficient (Wildman–Crippen LogP) is 4.46. The van der Waals surface area contributed by atoms with Crippen LogP contribution in [0.2, 0.25) is 0 Å². The number of nitrogens with zero attached hydrogens (tertiary/aromatic N) is 3. The first-order chi connectivity index (χ1) is 14.2. The highest BCUT2D eigenvalue weighted by Crippen LogP contribution is 2.40. The van der Waals surface area contributed by atoms with E-state index < -0.39 is 0 Å². The van der Waals surface area contributed by atoms with E-state index in [0.717, 1.165) is 36.4 Å². The van der Waals surface area contributed by atoms with Crippen LogP contribution in [0.1, 0.15) is 60.4 Å². The number of benzene rings is 1. The minimum Gasteiger partial charge on any atom is -0.490 e. The predicted molar refractivity (Wildman–Crippen MR) is 113 cm³/mol. The van der Waals surface area contributed by atoms with Gasteiger partial charge in [0.15, 0.2) is 5.69 Å². The molecule has 0 unspecified atom stereocenters. The van der Waals surface area contributed by atoms with Crippen molar-refractivity contribution in [2.75, 3.05) is 13.1 Å². The van der Waals surface area contributed by atoms with E-state index in [1.165, 1.54) is 18.4 Å². The number of fused-ring (bicyclic) bond motifs is 1. The molecule has 1 saturated heterocycles. The van der Waals surface area contributed by atoms with Gasteiger partial charge in [0.2, 0.25) is 0 Å². The summed E-state index contributed by atoms with van der Waals surface area (Å²) in [7, 11) is 0. The van der Waals surface area contributed by atoms with Crippen LogP contribution in [0.3, 0.4) is 0 Å². The molecule has 5 heteroatoms. The quantitative estimate of drug-likeness (QED) is 0.647. The first-order valence-electron chi connectivity index (χ1n) is 10.7. The summed E-state index contributed by atoms with van der Waals surface area (Å²) in [5.74, 6) is 2.53. The Hall–Kier alpha value is -2.82. The van der Waals surface area contributed by atoms with Crippen molar-refractivity contribution in [3.8, 4) is 5.75 Å². The van der Waals surface area contributed by atoms with Gasteiger partial charge in [-0.15, -0.1) is 0 Å². The third-order valence-electron chi connectivity index (χ3n) is 6.06. The second-order valence-corrected chi connectivity index (χ2v) is 8.16. The zero-order chi connectivity index (χ0) is 19.8. The van der Waals surface area contributed by atoms with Gasteiger partial charge >= 0.3 is 0 Å². The van der Waals surface area contributed by atoms with Crippen molar-refractivity contribution in [1.82, 2.24) is 14.3 Å². The monoisotopic (exact) mass is 389 g/mol. The van der Waals surface area contributed by atoms with Gasteiger partial charge < -0.3 is 14.0 Å². The number of rotatable bonds is 5. The maximum Gasteiger partial charge on any atom is 0.274 e. The number of pyridine rings is 1. The molecular weight excluding hydrogens is 362 g/mol. The fraction of sp³-hybridized carbons (Fsp3) is 0.417. The van der Waals surface area contributed by atoms with Crippen LogP contribution in [-0.4, -0.2) is 39.4 Å². The van der Waals surface area contributed by atoms with E-state index >= 15 is 0 Å². The van der Waals surface area contributed by atoms with Gasteiger partial charge in [0, 0.05) is 38.0 Å². The molecule has 1 aliphatic carbocycles. The molecular formula is C24H27N3O2. The Labute approximate surface area is 171 Å². The summed E-state index contributed by atoms with van der Waals surface area (Å²) in [4.78, 5) is 19.9. The summed E-state index contributed by atoms with van der Waals surface area (Å²) >= 11 is 0. The smallest absolute Gasteiger partial charge is 0.274 e. The van der Waals surface area contributed by atoms with Crippen molar-refractivity contribution in [3.05, 3.63) is 65.7 Å². The normalized spacial score (nSPS) is 17.6. The van der Waals surface area contributed by atoms with Crippen LogP contribution in [0, 0.1) is 0 Å². The maximum atomic E-state index is 13.2. The fourth-order valence-corrected chi connectivity index (χ4v) is 4.21. The van der Waals surface area contributed by atoms with Crippen molar-refractivity contribution in [2.45, 2.75) is 51.0 Å². The first-order valence-corrected chi connectivity index (χ1v) is 10.7. The summed E-state index contributed by atoms with van der Waals surface area (Å²) in [6, 6.07) is 14.3.